The second-order valence-electron chi connectivity index (χ2n) is 7.18. The van der Waals surface area contributed by atoms with Gasteiger partial charge in [0.15, 0.2) is 17.1 Å². The molecule has 0 radical (unpaired) electrons. The van der Waals surface area contributed by atoms with E-state index in [1.54, 1.807) is 36.5 Å². The number of hydrogen-bond donors (Lipinski definition) is 1. The molecule has 1 N–H and O–H groups in total. The number of pyridine rings is 1. The van der Waals surface area contributed by atoms with Gasteiger partial charge in [-0.2, -0.15) is 0 Å². The van der Waals surface area contributed by atoms with E-state index in [1.165, 1.54) is 33.5 Å². The molecule has 2 aromatic carbocycles. The summed E-state index contributed by atoms with van der Waals surface area (Å²) in [6.07, 6.45) is 1.68. The Morgan fingerprint density at radius 2 is 1.73 bits per heavy atom. The zero-order valence-corrected chi connectivity index (χ0v) is 18.5. The van der Waals surface area contributed by atoms with E-state index >= 15 is 0 Å². The van der Waals surface area contributed by atoms with Crippen molar-refractivity contribution in [2.75, 3.05) is 21.3 Å². The van der Waals surface area contributed by atoms with Gasteiger partial charge in [-0.05, 0) is 42.0 Å². The summed E-state index contributed by atoms with van der Waals surface area (Å²) in [7, 11) is 4.48. The van der Waals surface area contributed by atoms with Crippen molar-refractivity contribution in [1.29, 1.82) is 0 Å². The Balaban J connectivity index is 1.61. The maximum atomic E-state index is 13.3. The molecule has 0 unspecified atom stereocenters. The minimum Gasteiger partial charge on any atom is -0.493 e. The van der Waals surface area contributed by atoms with Crippen molar-refractivity contribution in [3.8, 4) is 17.2 Å². The predicted molar refractivity (Wildman–Crippen MR) is 120 cm³/mol. The topological polar surface area (TPSA) is 87.5 Å². The van der Waals surface area contributed by atoms with E-state index < -0.39 is 0 Å². The third-order valence-corrected chi connectivity index (χ3v) is 5.17. The molecule has 2 aromatic heterocycles. The van der Waals surface area contributed by atoms with Gasteiger partial charge in [0.2, 0.25) is 5.75 Å². The number of nitrogens with zero attached hydrogens (tertiary/aromatic N) is 3. The minimum absolute atomic E-state index is 0.160. The van der Waals surface area contributed by atoms with Crippen LogP contribution in [0, 0.1) is 5.82 Å². The molecule has 0 bridgehead atoms. The number of fused-ring (bicyclic) bond motifs is 1. The predicted octanol–water partition coefficient (Wildman–Crippen LogP) is 3.57. The van der Waals surface area contributed by atoms with Gasteiger partial charge in [-0.1, -0.05) is 12.1 Å². The van der Waals surface area contributed by atoms with Crippen molar-refractivity contribution in [2.24, 2.45) is 0 Å². The Labute approximate surface area is 189 Å². The Hall–Kier alpha value is -4.14. The third kappa shape index (κ3) is 4.57. The number of aromatic nitrogens is 3. The largest absolute Gasteiger partial charge is 0.493 e. The first-order chi connectivity index (χ1) is 16.0. The fraction of sp³-hybridized carbons (Fsp3) is 0.208. The summed E-state index contributed by atoms with van der Waals surface area (Å²) in [5.74, 6) is 1.16. The molecule has 0 spiro atoms. The van der Waals surface area contributed by atoms with Gasteiger partial charge < -0.3 is 24.1 Å². The van der Waals surface area contributed by atoms with Crippen molar-refractivity contribution in [3.05, 3.63) is 77.5 Å². The van der Waals surface area contributed by atoms with Gasteiger partial charge in [0.05, 0.1) is 34.4 Å². The van der Waals surface area contributed by atoms with Crippen LogP contribution >= 0.6 is 0 Å². The zero-order chi connectivity index (χ0) is 23.4. The summed E-state index contributed by atoms with van der Waals surface area (Å²) < 4.78 is 31.2. The molecule has 2 heterocycles. The monoisotopic (exact) mass is 450 g/mol. The van der Waals surface area contributed by atoms with Crippen LogP contribution in [0.5, 0.6) is 17.2 Å². The third-order valence-electron chi connectivity index (χ3n) is 5.17. The van der Waals surface area contributed by atoms with Crippen LogP contribution in [-0.4, -0.2) is 41.8 Å². The fourth-order valence-electron chi connectivity index (χ4n) is 3.55. The summed E-state index contributed by atoms with van der Waals surface area (Å²) >= 11 is 0. The molecular formula is C24H23FN4O4. The zero-order valence-electron chi connectivity index (χ0n) is 18.5. The van der Waals surface area contributed by atoms with Gasteiger partial charge >= 0.3 is 0 Å². The van der Waals surface area contributed by atoms with Crippen molar-refractivity contribution in [3.63, 3.8) is 0 Å². The van der Waals surface area contributed by atoms with E-state index in [0.717, 1.165) is 5.56 Å². The maximum absolute atomic E-state index is 13.3. The highest BCUT2D eigenvalue weighted by Crippen LogP contribution is 2.38. The molecule has 0 aliphatic heterocycles. The van der Waals surface area contributed by atoms with Crippen molar-refractivity contribution < 1.29 is 23.4 Å². The number of amides is 1. The number of methoxy groups -OCH3 is 3. The molecule has 33 heavy (non-hydrogen) atoms. The number of rotatable bonds is 8. The van der Waals surface area contributed by atoms with E-state index in [0.29, 0.717) is 46.3 Å². The first kappa shape index (κ1) is 22.1. The van der Waals surface area contributed by atoms with Crippen LogP contribution < -0.4 is 19.5 Å². The van der Waals surface area contributed by atoms with Gasteiger partial charge in [-0.25, -0.2) is 14.4 Å². The highest BCUT2D eigenvalue weighted by atomic mass is 19.1. The van der Waals surface area contributed by atoms with E-state index in [4.69, 9.17) is 14.2 Å². The van der Waals surface area contributed by atoms with Gasteiger partial charge in [-0.15, -0.1) is 0 Å². The lowest BCUT2D eigenvalue weighted by Gasteiger charge is -2.14. The summed E-state index contributed by atoms with van der Waals surface area (Å²) in [6.45, 7) is 0.593. The summed E-state index contributed by atoms with van der Waals surface area (Å²) in [5.41, 5.74) is 2.62. The van der Waals surface area contributed by atoms with Crippen molar-refractivity contribution in [2.45, 2.75) is 13.1 Å². The molecule has 0 atom stereocenters. The Morgan fingerprint density at radius 3 is 2.36 bits per heavy atom. The molecule has 0 aliphatic rings. The highest BCUT2D eigenvalue weighted by Gasteiger charge is 2.18. The van der Waals surface area contributed by atoms with Crippen LogP contribution in [0.2, 0.25) is 0 Å². The Bertz CT molecular complexity index is 1260. The van der Waals surface area contributed by atoms with E-state index in [1.807, 2.05) is 10.6 Å². The molecule has 9 heteroatoms. The SMILES string of the molecule is COc1cc(C(=O)NCc2nc3cccnc3n2Cc2ccc(F)cc2)cc(OC)c1OC. The fourth-order valence-corrected chi connectivity index (χ4v) is 3.55. The number of ether oxygens (including phenoxy) is 3. The van der Waals surface area contributed by atoms with Crippen LogP contribution in [0.15, 0.2) is 54.7 Å². The average molecular weight is 450 g/mol. The van der Waals surface area contributed by atoms with Crippen LogP contribution in [0.3, 0.4) is 0 Å². The summed E-state index contributed by atoms with van der Waals surface area (Å²) in [6, 6.07) is 13.1. The average Bonchev–Trinajstić information content (AvgIpc) is 3.20. The maximum Gasteiger partial charge on any atom is 0.251 e. The lowest BCUT2D eigenvalue weighted by molar-refractivity contribution is 0.0948. The van der Waals surface area contributed by atoms with Crippen LogP contribution in [-0.2, 0) is 13.1 Å². The number of benzene rings is 2. The van der Waals surface area contributed by atoms with Crippen molar-refractivity contribution >= 4 is 17.1 Å². The quantitative estimate of drug-likeness (QED) is 0.442. The van der Waals surface area contributed by atoms with Crippen molar-refractivity contribution in [1.82, 2.24) is 19.9 Å². The Morgan fingerprint density at radius 1 is 1.03 bits per heavy atom. The van der Waals surface area contributed by atoms with Gasteiger partial charge in [0.25, 0.3) is 5.91 Å². The molecule has 4 aromatic rings. The van der Waals surface area contributed by atoms with Gasteiger partial charge in [0, 0.05) is 11.8 Å². The first-order valence-corrected chi connectivity index (χ1v) is 10.2. The lowest BCUT2D eigenvalue weighted by atomic mass is 10.1. The first-order valence-electron chi connectivity index (χ1n) is 10.2. The summed E-state index contributed by atoms with van der Waals surface area (Å²) in [5, 5.41) is 2.89. The number of halogens is 1. The van der Waals surface area contributed by atoms with Crippen LogP contribution in [0.1, 0.15) is 21.7 Å². The second kappa shape index (κ2) is 9.56. The van der Waals surface area contributed by atoms with Gasteiger partial charge in [-0.3, -0.25) is 4.79 Å². The van der Waals surface area contributed by atoms with Crippen LogP contribution in [0.4, 0.5) is 4.39 Å². The highest BCUT2D eigenvalue weighted by molar-refractivity contribution is 5.95. The van der Waals surface area contributed by atoms with Gasteiger partial charge in [0.1, 0.15) is 17.2 Å². The molecule has 0 fully saturated rings. The minimum atomic E-state index is -0.331. The smallest absolute Gasteiger partial charge is 0.251 e. The van der Waals surface area contributed by atoms with E-state index in [-0.39, 0.29) is 18.3 Å². The molecular weight excluding hydrogens is 427 g/mol. The van der Waals surface area contributed by atoms with E-state index in [9.17, 15) is 9.18 Å². The number of nitrogens with one attached hydrogen (secondary N) is 1. The lowest BCUT2D eigenvalue weighted by Crippen LogP contribution is -2.25. The normalized spacial score (nSPS) is 10.8. The Kier molecular flexibility index (Phi) is 6.39. The molecule has 4 rings (SSSR count). The number of hydrogen-bond acceptors (Lipinski definition) is 6. The van der Waals surface area contributed by atoms with E-state index in [2.05, 4.69) is 15.3 Å². The molecule has 0 saturated carbocycles. The second-order valence-corrected chi connectivity index (χ2v) is 7.18. The molecule has 170 valence electrons. The molecule has 8 nitrogen and oxygen atoms in total. The van der Waals surface area contributed by atoms with Crippen LogP contribution in [0.25, 0.3) is 11.2 Å². The standard InChI is InChI=1S/C24H23FN4O4/c1-31-19-11-16(12-20(32-2)22(19)33-3)24(30)27-13-21-28-18-5-4-10-26-23(18)29(21)14-15-6-8-17(25)9-7-15/h4-12H,13-14H2,1-3H3,(H,27,30). The number of carbonyl (C=O) groups excluding carboxylic acids is 1. The number of carbonyl (C=O) groups is 1. The number of imidazole rings is 1. The molecule has 0 aliphatic carbocycles. The molecule has 0 saturated heterocycles. The molecule has 1 amide bonds. The summed E-state index contributed by atoms with van der Waals surface area (Å²) in [4.78, 5) is 22.0.